The number of halogens is 1. The largest absolute Gasteiger partial charge is 0.378 e. The highest BCUT2D eigenvalue weighted by Gasteiger charge is 2.33. The summed E-state index contributed by atoms with van der Waals surface area (Å²) in [6, 6.07) is 10.0. The fourth-order valence-corrected chi connectivity index (χ4v) is 4.08. The van der Waals surface area contributed by atoms with Crippen LogP contribution in [0, 0.1) is 12.7 Å². The second-order valence-corrected chi connectivity index (χ2v) is 7.47. The Bertz CT molecular complexity index is 1070. The zero-order valence-corrected chi connectivity index (χ0v) is 16.5. The number of rotatable bonds is 3. The lowest BCUT2D eigenvalue weighted by atomic mass is 9.86. The monoisotopic (exact) mass is 408 g/mol. The molecule has 0 aliphatic carbocycles. The summed E-state index contributed by atoms with van der Waals surface area (Å²) in [6.07, 6.45) is 0.285. The maximum atomic E-state index is 13.4. The molecule has 0 saturated carbocycles. The Labute approximate surface area is 172 Å². The van der Waals surface area contributed by atoms with Gasteiger partial charge >= 0.3 is 0 Å². The molecule has 4 heterocycles. The van der Waals surface area contributed by atoms with Gasteiger partial charge in [0.25, 0.3) is 0 Å². The van der Waals surface area contributed by atoms with Gasteiger partial charge in [-0.05, 0) is 36.8 Å². The predicted octanol–water partition coefficient (Wildman–Crippen LogP) is 2.42. The third-order valence-electron chi connectivity index (χ3n) is 5.56. The Morgan fingerprint density at radius 2 is 1.77 bits per heavy atom. The molecular formula is C21H21FN6O2. The van der Waals surface area contributed by atoms with Gasteiger partial charge in [0.1, 0.15) is 11.6 Å². The van der Waals surface area contributed by atoms with Crippen molar-refractivity contribution in [1.29, 1.82) is 0 Å². The van der Waals surface area contributed by atoms with Gasteiger partial charge in [0.05, 0.1) is 18.9 Å². The molecule has 1 aromatic carbocycles. The number of aromatic nitrogens is 4. The second kappa shape index (κ2) is 7.49. The normalized spacial score (nSPS) is 18.8. The third kappa shape index (κ3) is 3.30. The maximum Gasteiger partial charge on any atom is 0.226 e. The van der Waals surface area contributed by atoms with Gasteiger partial charge in [-0.25, -0.2) is 4.39 Å². The number of benzene rings is 1. The molecule has 3 aromatic rings. The first kappa shape index (κ1) is 18.7. The Kier molecular flexibility index (Phi) is 4.66. The van der Waals surface area contributed by atoms with Crippen molar-refractivity contribution in [3.63, 3.8) is 0 Å². The average Bonchev–Trinajstić information content (AvgIpc) is 3.10. The molecule has 2 aliphatic rings. The molecule has 2 aliphatic heterocycles. The van der Waals surface area contributed by atoms with E-state index in [1.54, 1.807) is 16.8 Å². The highest BCUT2D eigenvalue weighted by molar-refractivity contribution is 5.95. The van der Waals surface area contributed by atoms with E-state index < -0.39 is 0 Å². The first-order chi connectivity index (χ1) is 14.6. The van der Waals surface area contributed by atoms with E-state index in [0.29, 0.717) is 24.8 Å². The van der Waals surface area contributed by atoms with Gasteiger partial charge in [-0.15, -0.1) is 10.2 Å². The van der Waals surface area contributed by atoms with Gasteiger partial charge < -0.3 is 15.0 Å². The fraction of sp³-hybridized carbons (Fsp3) is 0.333. The minimum Gasteiger partial charge on any atom is -0.378 e. The number of nitrogens with zero attached hydrogens (tertiary/aromatic N) is 5. The van der Waals surface area contributed by atoms with Gasteiger partial charge in [-0.1, -0.05) is 12.1 Å². The Hall–Kier alpha value is -3.33. The lowest BCUT2D eigenvalue weighted by molar-refractivity contribution is -0.116. The summed E-state index contributed by atoms with van der Waals surface area (Å²) in [5, 5.41) is 16.2. The second-order valence-electron chi connectivity index (χ2n) is 7.47. The molecule has 2 aromatic heterocycles. The van der Waals surface area contributed by atoms with Crippen LogP contribution in [-0.2, 0) is 9.53 Å². The number of hydrogen-bond acceptors (Lipinski definition) is 6. The van der Waals surface area contributed by atoms with Crippen LogP contribution in [0.5, 0.6) is 0 Å². The molecule has 0 spiro atoms. The van der Waals surface area contributed by atoms with Crippen LogP contribution in [0.2, 0.25) is 0 Å². The Balaban J connectivity index is 1.51. The molecule has 5 rings (SSSR count). The van der Waals surface area contributed by atoms with Crippen molar-refractivity contribution in [2.45, 2.75) is 19.3 Å². The van der Waals surface area contributed by atoms with E-state index in [1.165, 1.54) is 12.1 Å². The van der Waals surface area contributed by atoms with Crippen LogP contribution in [-0.4, -0.2) is 52.2 Å². The number of morpholine rings is 1. The number of aryl methyl sites for hydroxylation is 1. The summed E-state index contributed by atoms with van der Waals surface area (Å²) in [4.78, 5) is 14.6. The van der Waals surface area contributed by atoms with Crippen molar-refractivity contribution in [1.82, 2.24) is 20.0 Å². The van der Waals surface area contributed by atoms with Gasteiger partial charge in [-0.2, -0.15) is 9.78 Å². The molecule has 0 bridgehead atoms. The molecule has 0 radical (unpaired) electrons. The number of ether oxygens (including phenoxy) is 1. The molecule has 8 nitrogen and oxygen atoms in total. The minimum atomic E-state index is -0.303. The molecule has 1 amide bonds. The minimum absolute atomic E-state index is 0.115. The number of fused-ring (bicyclic) bond motifs is 1. The van der Waals surface area contributed by atoms with E-state index in [0.717, 1.165) is 35.7 Å². The van der Waals surface area contributed by atoms with Crippen LogP contribution in [0.25, 0.3) is 5.82 Å². The van der Waals surface area contributed by atoms with Crippen LogP contribution >= 0.6 is 0 Å². The summed E-state index contributed by atoms with van der Waals surface area (Å²) in [5.74, 6) is 1.29. The SMILES string of the molecule is Cc1nn(-c2ccc(N3CCOCC3)nn2)c2c1[C@@H](c1ccc(F)cc1)CC(=O)N2. The van der Waals surface area contributed by atoms with Crippen LogP contribution in [0.15, 0.2) is 36.4 Å². The standard InChI is InChI=1S/C21H21FN6O2/c1-13-20-16(14-2-4-15(22)5-3-14)12-19(29)23-21(20)28(26-13)18-7-6-17(24-25-18)27-8-10-30-11-9-27/h2-7,16H,8-12H2,1H3,(H,23,29)/t16-/m1/s1. The summed E-state index contributed by atoms with van der Waals surface area (Å²) in [6.45, 7) is 4.80. The molecule has 0 unspecified atom stereocenters. The van der Waals surface area contributed by atoms with Gasteiger partial charge in [0, 0.05) is 31.0 Å². The molecule has 1 saturated heterocycles. The predicted molar refractivity (Wildman–Crippen MR) is 108 cm³/mol. The van der Waals surface area contributed by atoms with Crippen molar-refractivity contribution in [2.75, 3.05) is 36.5 Å². The molecule has 9 heteroatoms. The smallest absolute Gasteiger partial charge is 0.226 e. The first-order valence-electron chi connectivity index (χ1n) is 9.92. The Morgan fingerprint density at radius 3 is 2.47 bits per heavy atom. The van der Waals surface area contributed by atoms with Gasteiger partial charge in [0.15, 0.2) is 11.6 Å². The molecular weight excluding hydrogens is 387 g/mol. The number of amides is 1. The third-order valence-corrected chi connectivity index (χ3v) is 5.56. The first-order valence-corrected chi connectivity index (χ1v) is 9.92. The van der Waals surface area contributed by atoms with Crippen molar-refractivity contribution in [2.24, 2.45) is 0 Å². The number of hydrogen-bond donors (Lipinski definition) is 1. The topological polar surface area (TPSA) is 85.2 Å². The van der Waals surface area contributed by atoms with Crippen LogP contribution in [0.1, 0.15) is 29.2 Å². The van der Waals surface area contributed by atoms with E-state index in [2.05, 4.69) is 25.5 Å². The summed E-state index contributed by atoms with van der Waals surface area (Å²) in [5.41, 5.74) is 2.59. The molecule has 1 fully saturated rings. The van der Waals surface area contributed by atoms with Crippen molar-refractivity contribution < 1.29 is 13.9 Å². The average molecular weight is 408 g/mol. The quantitative estimate of drug-likeness (QED) is 0.717. The van der Waals surface area contributed by atoms with Gasteiger partial charge in [0.2, 0.25) is 5.91 Å². The van der Waals surface area contributed by atoms with Crippen LogP contribution < -0.4 is 10.2 Å². The van der Waals surface area contributed by atoms with E-state index in [9.17, 15) is 9.18 Å². The lowest BCUT2D eigenvalue weighted by Crippen LogP contribution is -2.36. The zero-order chi connectivity index (χ0) is 20.7. The highest BCUT2D eigenvalue weighted by atomic mass is 19.1. The lowest BCUT2D eigenvalue weighted by Gasteiger charge is -2.27. The molecule has 1 atom stereocenters. The summed E-state index contributed by atoms with van der Waals surface area (Å²) >= 11 is 0. The maximum absolute atomic E-state index is 13.4. The number of nitrogens with one attached hydrogen (secondary N) is 1. The van der Waals surface area contributed by atoms with Crippen molar-refractivity contribution >= 4 is 17.5 Å². The van der Waals surface area contributed by atoms with Gasteiger partial charge in [-0.3, -0.25) is 4.79 Å². The zero-order valence-electron chi connectivity index (χ0n) is 16.5. The fourth-order valence-electron chi connectivity index (χ4n) is 4.08. The molecule has 154 valence electrons. The van der Waals surface area contributed by atoms with E-state index in [-0.39, 0.29) is 24.1 Å². The van der Waals surface area contributed by atoms with E-state index >= 15 is 0 Å². The summed E-state index contributed by atoms with van der Waals surface area (Å²) in [7, 11) is 0. The van der Waals surface area contributed by atoms with Crippen molar-refractivity contribution in [3.05, 3.63) is 59.0 Å². The number of carbonyl (C=O) groups is 1. The van der Waals surface area contributed by atoms with Crippen LogP contribution in [0.3, 0.4) is 0 Å². The van der Waals surface area contributed by atoms with E-state index in [1.807, 2.05) is 19.1 Å². The number of carbonyl (C=O) groups excluding carboxylic acids is 1. The van der Waals surface area contributed by atoms with Crippen molar-refractivity contribution in [3.8, 4) is 5.82 Å². The highest BCUT2D eigenvalue weighted by Crippen LogP contribution is 2.40. The Morgan fingerprint density at radius 1 is 1.07 bits per heavy atom. The summed E-state index contributed by atoms with van der Waals surface area (Å²) < 4.78 is 20.4. The number of anilines is 2. The molecule has 30 heavy (non-hydrogen) atoms. The molecule has 1 N–H and O–H groups in total. The van der Waals surface area contributed by atoms with Crippen LogP contribution in [0.4, 0.5) is 16.0 Å². The van der Waals surface area contributed by atoms with E-state index in [4.69, 9.17) is 4.74 Å².